The summed E-state index contributed by atoms with van der Waals surface area (Å²) in [5.41, 5.74) is 1.33. The Hall–Kier alpha value is -4.38. The highest BCUT2D eigenvalue weighted by atomic mass is 16.8. The third kappa shape index (κ3) is 8.71. The number of rotatable bonds is 12. The zero-order valence-corrected chi connectivity index (χ0v) is 25.3. The van der Waals surface area contributed by atoms with Crippen LogP contribution in [0.5, 0.6) is 23.0 Å². The van der Waals surface area contributed by atoms with Crippen molar-refractivity contribution in [1.29, 1.82) is 0 Å². The van der Waals surface area contributed by atoms with Crippen molar-refractivity contribution < 1.29 is 74.1 Å². The molecule has 0 radical (unpaired) electrons. The number of benzene rings is 2. The second-order valence-corrected chi connectivity index (χ2v) is 10.9. The molecule has 0 amide bonds. The Labute approximate surface area is 269 Å². The molecule has 1 saturated heterocycles. The molecule has 4 rings (SSSR count). The molecule has 7 unspecified atom stereocenters. The molecule has 2 heterocycles. The zero-order chi connectivity index (χ0) is 34.2. The van der Waals surface area contributed by atoms with Gasteiger partial charge < -0.3 is 64.5 Å². The number of esters is 2. The Kier molecular flexibility index (Phi) is 12.0. The summed E-state index contributed by atoms with van der Waals surface area (Å²) < 4.78 is 27.7. The first kappa shape index (κ1) is 35.5. The quantitative estimate of drug-likeness (QED) is 0.0871. The molecule has 2 aromatic carbocycles. The molecule has 2 aromatic rings. The Morgan fingerprint density at radius 1 is 0.830 bits per heavy atom. The van der Waals surface area contributed by atoms with Crippen LogP contribution in [-0.4, -0.2) is 110 Å². The fraction of sp³-hybridized carbons (Fsp3) is 0.438. The van der Waals surface area contributed by atoms with E-state index in [2.05, 4.69) is 0 Å². The van der Waals surface area contributed by atoms with E-state index in [1.54, 1.807) is 19.1 Å². The minimum atomic E-state index is -1.74. The number of hydrogen-bond acceptors (Lipinski definition) is 15. The fourth-order valence-corrected chi connectivity index (χ4v) is 5.11. The summed E-state index contributed by atoms with van der Waals surface area (Å²) in [6.07, 6.45) is -6.70. The molecule has 256 valence electrons. The minimum absolute atomic E-state index is 0.0688. The molecule has 2 aliphatic heterocycles. The van der Waals surface area contributed by atoms with Crippen LogP contribution in [0.25, 0.3) is 0 Å². The van der Waals surface area contributed by atoms with E-state index in [0.29, 0.717) is 11.1 Å². The second kappa shape index (κ2) is 15.9. The van der Waals surface area contributed by atoms with Gasteiger partial charge in [0.25, 0.3) is 0 Å². The highest BCUT2D eigenvalue weighted by Gasteiger charge is 2.47. The summed E-state index contributed by atoms with van der Waals surface area (Å²) in [5, 5.41) is 78.7. The van der Waals surface area contributed by atoms with Gasteiger partial charge in [-0.2, -0.15) is 0 Å². The monoisotopic (exact) mass is 662 g/mol. The Bertz CT molecular complexity index is 1470. The van der Waals surface area contributed by atoms with Crippen molar-refractivity contribution >= 4 is 11.9 Å². The Balaban J connectivity index is 1.48. The lowest BCUT2D eigenvalue weighted by Crippen LogP contribution is -2.60. The number of aromatic hydroxyl groups is 4. The third-order valence-corrected chi connectivity index (χ3v) is 7.77. The Morgan fingerprint density at radius 2 is 1.43 bits per heavy atom. The van der Waals surface area contributed by atoms with Crippen LogP contribution in [0.2, 0.25) is 0 Å². The molecule has 8 N–H and O–H groups in total. The van der Waals surface area contributed by atoms with E-state index in [4.69, 9.17) is 23.7 Å². The van der Waals surface area contributed by atoms with E-state index in [-0.39, 0.29) is 66.6 Å². The van der Waals surface area contributed by atoms with Crippen LogP contribution in [0, 0.1) is 5.92 Å². The molecule has 7 atom stereocenters. The van der Waals surface area contributed by atoms with Crippen molar-refractivity contribution in [3.05, 3.63) is 71.0 Å². The van der Waals surface area contributed by atoms with E-state index >= 15 is 0 Å². The first-order valence-corrected chi connectivity index (χ1v) is 14.8. The number of phenolic OH excluding ortho intramolecular Hbond substituents is 4. The predicted molar refractivity (Wildman–Crippen MR) is 159 cm³/mol. The highest BCUT2D eigenvalue weighted by Crippen LogP contribution is 2.36. The standard InChI is InChI=1S/C32H38O15/c1-2-18-19(13-26(38)43-9-7-16-3-5-21(34)23(36)11-16)20(30(42)44-10-8-17-4-6-22(35)24(37)12-17)15-45-31(18)47-32-29(41)28(40)27(39)25(14-33)46-32/h2-6,11-12,15,19,25,27-29,31-37,39-41H,7-10,13-14H2,1H3. The average Bonchev–Trinajstić information content (AvgIpc) is 3.04. The SMILES string of the molecule is CC=C1C(OC2OC(CO)C(O)C(O)C2O)OC=C(C(=O)OCCc2ccc(O)c(O)c2)C1CC(=O)OCCc1ccc(O)c(O)c1. The van der Waals surface area contributed by atoms with Gasteiger partial charge >= 0.3 is 11.9 Å². The second-order valence-electron chi connectivity index (χ2n) is 10.9. The normalized spacial score (nSPS) is 26.7. The molecule has 1 fully saturated rings. The van der Waals surface area contributed by atoms with Gasteiger partial charge in [0, 0.05) is 24.3 Å². The highest BCUT2D eigenvalue weighted by molar-refractivity contribution is 5.91. The summed E-state index contributed by atoms with van der Waals surface area (Å²) in [5.74, 6) is -3.82. The van der Waals surface area contributed by atoms with E-state index in [0.717, 1.165) is 6.26 Å². The lowest BCUT2D eigenvalue weighted by molar-refractivity contribution is -0.327. The largest absolute Gasteiger partial charge is 0.504 e. The molecule has 0 bridgehead atoms. The third-order valence-electron chi connectivity index (χ3n) is 7.77. The molecule has 0 spiro atoms. The summed E-state index contributed by atoms with van der Waals surface area (Å²) >= 11 is 0. The van der Waals surface area contributed by atoms with Crippen molar-refractivity contribution in [2.75, 3.05) is 19.8 Å². The van der Waals surface area contributed by atoms with Gasteiger partial charge in [0.1, 0.15) is 24.4 Å². The average molecular weight is 663 g/mol. The van der Waals surface area contributed by atoms with E-state index in [1.807, 2.05) is 0 Å². The lowest BCUT2D eigenvalue weighted by atomic mass is 9.86. The van der Waals surface area contributed by atoms with Gasteiger partial charge in [-0.1, -0.05) is 18.2 Å². The molecular formula is C32H38O15. The van der Waals surface area contributed by atoms with Gasteiger partial charge in [-0.15, -0.1) is 0 Å². The van der Waals surface area contributed by atoms with Gasteiger partial charge in [0.05, 0.1) is 38.1 Å². The maximum absolute atomic E-state index is 13.3. The summed E-state index contributed by atoms with van der Waals surface area (Å²) in [7, 11) is 0. The molecule has 2 aliphatic rings. The van der Waals surface area contributed by atoms with Crippen LogP contribution in [-0.2, 0) is 46.1 Å². The molecule has 15 nitrogen and oxygen atoms in total. The summed E-state index contributed by atoms with van der Waals surface area (Å²) in [6, 6.07) is 8.35. The first-order chi connectivity index (χ1) is 22.4. The van der Waals surface area contributed by atoms with Gasteiger partial charge in [-0.05, 0) is 42.3 Å². The molecule has 0 aromatic heterocycles. The van der Waals surface area contributed by atoms with Crippen molar-refractivity contribution in [1.82, 2.24) is 0 Å². The minimum Gasteiger partial charge on any atom is -0.504 e. The number of hydrogen-bond donors (Lipinski definition) is 8. The van der Waals surface area contributed by atoms with Crippen LogP contribution in [0.1, 0.15) is 24.5 Å². The van der Waals surface area contributed by atoms with Gasteiger partial charge in [-0.3, -0.25) is 4.79 Å². The fourth-order valence-electron chi connectivity index (χ4n) is 5.11. The van der Waals surface area contributed by atoms with Crippen LogP contribution in [0.15, 0.2) is 59.9 Å². The number of carbonyl (C=O) groups is 2. The van der Waals surface area contributed by atoms with Crippen molar-refractivity contribution in [3.63, 3.8) is 0 Å². The number of carbonyl (C=O) groups excluding carboxylic acids is 2. The maximum Gasteiger partial charge on any atom is 0.337 e. The van der Waals surface area contributed by atoms with Gasteiger partial charge in [0.2, 0.25) is 6.29 Å². The number of aliphatic hydroxyl groups is 4. The molecule has 15 heteroatoms. The van der Waals surface area contributed by atoms with Gasteiger partial charge in [0.15, 0.2) is 29.3 Å². The van der Waals surface area contributed by atoms with Crippen LogP contribution in [0.4, 0.5) is 0 Å². The topological polar surface area (TPSA) is 242 Å². The lowest BCUT2D eigenvalue weighted by Gasteiger charge is -2.42. The smallest absolute Gasteiger partial charge is 0.337 e. The maximum atomic E-state index is 13.3. The van der Waals surface area contributed by atoms with Crippen LogP contribution >= 0.6 is 0 Å². The van der Waals surface area contributed by atoms with Gasteiger partial charge in [-0.25, -0.2) is 4.79 Å². The van der Waals surface area contributed by atoms with Crippen molar-refractivity contribution in [3.8, 4) is 23.0 Å². The van der Waals surface area contributed by atoms with E-state index in [1.165, 1.54) is 30.3 Å². The summed E-state index contributed by atoms with van der Waals surface area (Å²) in [4.78, 5) is 26.3. The number of aliphatic hydroxyl groups excluding tert-OH is 4. The van der Waals surface area contributed by atoms with E-state index in [9.17, 15) is 50.4 Å². The molecule has 47 heavy (non-hydrogen) atoms. The van der Waals surface area contributed by atoms with E-state index < -0.39 is 61.5 Å². The Morgan fingerprint density at radius 3 is 1.98 bits per heavy atom. The summed E-state index contributed by atoms with van der Waals surface area (Å²) in [6.45, 7) is 0.673. The zero-order valence-electron chi connectivity index (χ0n) is 25.3. The number of allylic oxidation sites excluding steroid dienone is 1. The number of phenols is 4. The van der Waals surface area contributed by atoms with Crippen molar-refractivity contribution in [2.45, 2.75) is 63.2 Å². The molecule has 0 saturated carbocycles. The van der Waals surface area contributed by atoms with Crippen molar-refractivity contribution in [2.24, 2.45) is 5.92 Å². The predicted octanol–water partition coefficient (Wildman–Crippen LogP) is 0.390. The van der Waals surface area contributed by atoms with Crippen LogP contribution < -0.4 is 0 Å². The molecule has 0 aliphatic carbocycles. The molecular weight excluding hydrogens is 624 g/mol. The first-order valence-electron chi connectivity index (χ1n) is 14.8. The number of ether oxygens (including phenoxy) is 5. The van der Waals surface area contributed by atoms with Crippen LogP contribution in [0.3, 0.4) is 0 Å².